The summed E-state index contributed by atoms with van der Waals surface area (Å²) in [6.07, 6.45) is 1.12. The minimum atomic E-state index is -1.04. The number of rotatable bonds is 4. The summed E-state index contributed by atoms with van der Waals surface area (Å²) in [5.74, 6) is -2.18. The van der Waals surface area contributed by atoms with Crippen molar-refractivity contribution < 1.29 is 13.6 Å². The van der Waals surface area contributed by atoms with Gasteiger partial charge >= 0.3 is 0 Å². The molecule has 0 bridgehead atoms. The molecule has 1 nitrogen and oxygen atoms in total. The number of carbonyl (C=O) groups excluding carboxylic acids is 1. The quantitative estimate of drug-likeness (QED) is 0.717. The second kappa shape index (κ2) is 5.59. The maximum Gasteiger partial charge on any atom is 0.169 e. The summed E-state index contributed by atoms with van der Waals surface area (Å²) in [4.78, 5) is 11.9. The van der Waals surface area contributed by atoms with E-state index in [0.29, 0.717) is 0 Å². The summed E-state index contributed by atoms with van der Waals surface area (Å²) >= 11 is 0. The average molecular weight is 254 g/mol. The normalized spacial score (nSPS) is 13.4. The van der Waals surface area contributed by atoms with Gasteiger partial charge in [-0.1, -0.05) is 33.8 Å². The molecule has 0 spiro atoms. The Morgan fingerprint density at radius 1 is 1.28 bits per heavy atom. The molecule has 0 saturated carbocycles. The van der Waals surface area contributed by atoms with E-state index in [1.54, 1.807) is 0 Å². The SMILES string of the molecule is CC(CC(=O)c1cccc(F)c1F)CC(C)(C)C. The van der Waals surface area contributed by atoms with Crippen LogP contribution in [0.4, 0.5) is 8.78 Å². The minimum absolute atomic E-state index is 0.125. The van der Waals surface area contributed by atoms with Gasteiger partial charge in [-0.15, -0.1) is 0 Å². The largest absolute Gasteiger partial charge is 0.294 e. The molecule has 1 aromatic carbocycles. The van der Waals surface area contributed by atoms with Crippen LogP contribution in [0.3, 0.4) is 0 Å². The highest BCUT2D eigenvalue weighted by Crippen LogP contribution is 2.27. The van der Waals surface area contributed by atoms with E-state index in [9.17, 15) is 13.6 Å². The Bertz CT molecular complexity index is 433. The second-order valence-corrected chi connectivity index (χ2v) is 6.10. The molecule has 18 heavy (non-hydrogen) atoms. The van der Waals surface area contributed by atoms with Crippen LogP contribution in [0.5, 0.6) is 0 Å². The van der Waals surface area contributed by atoms with Crippen LogP contribution in [0.1, 0.15) is 50.9 Å². The van der Waals surface area contributed by atoms with Crippen LogP contribution in [0.25, 0.3) is 0 Å². The predicted octanol–water partition coefficient (Wildman–Crippen LogP) is 4.61. The van der Waals surface area contributed by atoms with Crippen LogP contribution in [0.15, 0.2) is 18.2 Å². The van der Waals surface area contributed by atoms with Gasteiger partial charge in [0, 0.05) is 6.42 Å². The zero-order chi connectivity index (χ0) is 13.9. The summed E-state index contributed by atoms with van der Waals surface area (Å²) in [6.45, 7) is 8.24. The molecule has 0 amide bonds. The number of benzene rings is 1. The Labute approximate surface area is 107 Å². The fourth-order valence-corrected chi connectivity index (χ4v) is 2.26. The number of hydrogen-bond donors (Lipinski definition) is 0. The van der Waals surface area contributed by atoms with Crippen LogP contribution in [-0.4, -0.2) is 5.78 Å². The van der Waals surface area contributed by atoms with E-state index in [0.717, 1.165) is 12.5 Å². The Morgan fingerprint density at radius 3 is 2.44 bits per heavy atom. The molecular weight excluding hydrogens is 234 g/mol. The molecule has 0 fully saturated rings. The van der Waals surface area contributed by atoms with Gasteiger partial charge in [-0.3, -0.25) is 4.79 Å². The Kier molecular flexibility index (Phi) is 4.60. The fourth-order valence-electron chi connectivity index (χ4n) is 2.26. The van der Waals surface area contributed by atoms with Crippen molar-refractivity contribution in [2.45, 2.75) is 40.5 Å². The highest BCUT2D eigenvalue weighted by molar-refractivity contribution is 5.96. The Balaban J connectivity index is 2.74. The van der Waals surface area contributed by atoms with Crippen molar-refractivity contribution in [3.8, 4) is 0 Å². The lowest BCUT2D eigenvalue weighted by atomic mass is 9.83. The highest BCUT2D eigenvalue weighted by Gasteiger charge is 2.21. The average Bonchev–Trinajstić information content (AvgIpc) is 2.18. The van der Waals surface area contributed by atoms with Gasteiger partial charge in [0.15, 0.2) is 17.4 Å². The molecule has 0 saturated heterocycles. The van der Waals surface area contributed by atoms with E-state index in [4.69, 9.17) is 0 Å². The molecule has 0 heterocycles. The third kappa shape index (κ3) is 4.21. The summed E-state index contributed by atoms with van der Waals surface area (Å²) in [5, 5.41) is 0. The van der Waals surface area contributed by atoms with E-state index in [-0.39, 0.29) is 29.1 Å². The second-order valence-electron chi connectivity index (χ2n) is 6.10. The molecule has 3 heteroatoms. The number of carbonyl (C=O) groups is 1. The van der Waals surface area contributed by atoms with Crippen molar-refractivity contribution in [1.82, 2.24) is 0 Å². The summed E-state index contributed by atoms with van der Waals surface area (Å²) in [5.41, 5.74) is -0.0176. The molecule has 0 radical (unpaired) electrons. The van der Waals surface area contributed by atoms with E-state index in [1.807, 2.05) is 6.92 Å². The van der Waals surface area contributed by atoms with Crippen molar-refractivity contribution in [3.05, 3.63) is 35.4 Å². The molecule has 1 rings (SSSR count). The van der Waals surface area contributed by atoms with Crippen molar-refractivity contribution in [3.63, 3.8) is 0 Å². The summed E-state index contributed by atoms with van der Waals surface area (Å²) < 4.78 is 26.5. The first kappa shape index (κ1) is 14.8. The molecule has 0 aliphatic carbocycles. The van der Waals surface area contributed by atoms with Gasteiger partial charge in [-0.2, -0.15) is 0 Å². The molecular formula is C15H20F2O. The Hall–Kier alpha value is -1.25. The number of hydrogen-bond acceptors (Lipinski definition) is 1. The lowest BCUT2D eigenvalue weighted by Crippen LogP contribution is -2.15. The number of Topliss-reactive ketones (excluding diaryl/α,β-unsaturated/α-hetero) is 1. The van der Waals surface area contributed by atoms with Crippen molar-refractivity contribution >= 4 is 5.78 Å². The van der Waals surface area contributed by atoms with Gasteiger partial charge in [0.1, 0.15) is 0 Å². The third-order valence-electron chi connectivity index (χ3n) is 2.75. The van der Waals surface area contributed by atoms with Crippen LogP contribution in [0, 0.1) is 23.0 Å². The first-order chi connectivity index (χ1) is 8.20. The van der Waals surface area contributed by atoms with E-state index in [1.165, 1.54) is 12.1 Å². The van der Waals surface area contributed by atoms with Crippen LogP contribution in [0.2, 0.25) is 0 Å². The summed E-state index contributed by atoms with van der Waals surface area (Å²) in [6, 6.07) is 3.72. The lowest BCUT2D eigenvalue weighted by Gasteiger charge is -2.22. The summed E-state index contributed by atoms with van der Waals surface area (Å²) in [7, 11) is 0. The van der Waals surface area contributed by atoms with Gasteiger partial charge in [-0.25, -0.2) is 8.78 Å². The van der Waals surface area contributed by atoms with Gasteiger partial charge in [-0.05, 0) is 29.9 Å². The van der Waals surface area contributed by atoms with Gasteiger partial charge < -0.3 is 0 Å². The van der Waals surface area contributed by atoms with E-state index < -0.39 is 11.6 Å². The molecule has 1 atom stereocenters. The lowest BCUT2D eigenvalue weighted by molar-refractivity contribution is 0.0949. The molecule has 0 aliphatic rings. The zero-order valence-electron chi connectivity index (χ0n) is 11.4. The predicted molar refractivity (Wildman–Crippen MR) is 68.5 cm³/mol. The minimum Gasteiger partial charge on any atom is -0.294 e. The topological polar surface area (TPSA) is 17.1 Å². The number of halogens is 2. The standard InChI is InChI=1S/C15H20F2O/c1-10(9-15(2,3)4)8-13(18)11-6-5-7-12(16)14(11)17/h5-7,10H,8-9H2,1-4H3. The smallest absolute Gasteiger partial charge is 0.169 e. The molecule has 0 aliphatic heterocycles. The molecule has 0 aromatic heterocycles. The van der Waals surface area contributed by atoms with Crippen molar-refractivity contribution in [2.75, 3.05) is 0 Å². The van der Waals surface area contributed by atoms with Crippen LogP contribution < -0.4 is 0 Å². The molecule has 1 unspecified atom stereocenters. The van der Waals surface area contributed by atoms with Crippen molar-refractivity contribution in [2.24, 2.45) is 11.3 Å². The van der Waals surface area contributed by atoms with Crippen LogP contribution in [-0.2, 0) is 0 Å². The third-order valence-corrected chi connectivity index (χ3v) is 2.75. The molecule has 0 N–H and O–H groups in total. The molecule has 1 aromatic rings. The van der Waals surface area contributed by atoms with Gasteiger partial charge in [0.25, 0.3) is 0 Å². The van der Waals surface area contributed by atoms with E-state index >= 15 is 0 Å². The molecule has 100 valence electrons. The maximum atomic E-state index is 13.4. The monoisotopic (exact) mass is 254 g/mol. The maximum absolute atomic E-state index is 13.4. The van der Waals surface area contributed by atoms with Crippen LogP contribution >= 0.6 is 0 Å². The van der Waals surface area contributed by atoms with Gasteiger partial charge in [0.05, 0.1) is 5.56 Å². The van der Waals surface area contributed by atoms with Crippen molar-refractivity contribution in [1.29, 1.82) is 0 Å². The highest BCUT2D eigenvalue weighted by atomic mass is 19.2. The number of ketones is 1. The fraction of sp³-hybridized carbons (Fsp3) is 0.533. The zero-order valence-corrected chi connectivity index (χ0v) is 11.4. The first-order valence-electron chi connectivity index (χ1n) is 6.18. The first-order valence-corrected chi connectivity index (χ1v) is 6.18. The van der Waals surface area contributed by atoms with E-state index in [2.05, 4.69) is 20.8 Å². The Morgan fingerprint density at radius 2 is 1.89 bits per heavy atom. The van der Waals surface area contributed by atoms with Gasteiger partial charge in [0.2, 0.25) is 0 Å².